The molecule has 25 heavy (non-hydrogen) atoms. The van der Waals surface area contributed by atoms with Gasteiger partial charge in [-0.05, 0) is 37.0 Å². The van der Waals surface area contributed by atoms with E-state index in [4.69, 9.17) is 37.4 Å². The summed E-state index contributed by atoms with van der Waals surface area (Å²) >= 11 is 11.7. The monoisotopic (exact) mass is 391 g/mol. The molecular formula is C18H27Cl2NO4. The van der Waals surface area contributed by atoms with Crippen molar-refractivity contribution in [1.29, 1.82) is 0 Å². The standard InChI is InChI=1S/C18H27Cl2NO4/c1-11(2)7-8-21(18(22)17(19)20)12(3)13-9-14(23-4)16(25-6)15(10-13)24-5/h9-12,17H,7-8H2,1-6H3. The average molecular weight is 392 g/mol. The molecule has 0 heterocycles. The first-order chi connectivity index (χ1) is 11.8. The lowest BCUT2D eigenvalue weighted by molar-refractivity contribution is -0.131. The highest BCUT2D eigenvalue weighted by Crippen LogP contribution is 2.40. The van der Waals surface area contributed by atoms with Gasteiger partial charge in [-0.2, -0.15) is 0 Å². The van der Waals surface area contributed by atoms with Gasteiger partial charge in [-0.3, -0.25) is 4.79 Å². The van der Waals surface area contributed by atoms with E-state index in [-0.39, 0.29) is 11.9 Å². The molecule has 1 amide bonds. The average Bonchev–Trinajstić information content (AvgIpc) is 2.59. The SMILES string of the molecule is COc1cc(C(C)N(CCC(C)C)C(=O)C(Cl)Cl)cc(OC)c1OC. The number of halogens is 2. The molecule has 5 nitrogen and oxygen atoms in total. The lowest BCUT2D eigenvalue weighted by Crippen LogP contribution is -2.38. The second-order valence-electron chi connectivity index (χ2n) is 6.15. The molecule has 0 bridgehead atoms. The fraction of sp³-hybridized carbons (Fsp3) is 0.611. The fourth-order valence-corrected chi connectivity index (χ4v) is 2.79. The Morgan fingerprint density at radius 3 is 1.92 bits per heavy atom. The molecule has 0 aliphatic heterocycles. The lowest BCUT2D eigenvalue weighted by atomic mass is 10.0. The van der Waals surface area contributed by atoms with Crippen LogP contribution in [-0.2, 0) is 4.79 Å². The number of amides is 1. The van der Waals surface area contributed by atoms with E-state index in [1.807, 2.05) is 19.1 Å². The number of methoxy groups -OCH3 is 3. The number of carbonyl (C=O) groups is 1. The van der Waals surface area contributed by atoms with Gasteiger partial charge in [0.15, 0.2) is 16.3 Å². The molecule has 0 radical (unpaired) electrons. The predicted molar refractivity (Wildman–Crippen MR) is 101 cm³/mol. The van der Waals surface area contributed by atoms with Crippen molar-refractivity contribution in [3.05, 3.63) is 17.7 Å². The first kappa shape index (κ1) is 21.7. The number of nitrogens with zero attached hydrogens (tertiary/aromatic N) is 1. The quantitative estimate of drug-likeness (QED) is 0.583. The Bertz CT molecular complexity index is 553. The van der Waals surface area contributed by atoms with Crippen molar-refractivity contribution >= 4 is 29.1 Å². The Balaban J connectivity index is 3.26. The summed E-state index contributed by atoms with van der Waals surface area (Å²) in [5.74, 6) is 1.71. The number of hydrogen-bond donors (Lipinski definition) is 0. The molecular weight excluding hydrogens is 365 g/mol. The van der Waals surface area contributed by atoms with Crippen LogP contribution in [-0.4, -0.2) is 43.5 Å². The molecule has 0 saturated carbocycles. The maximum atomic E-state index is 12.5. The van der Waals surface area contributed by atoms with E-state index >= 15 is 0 Å². The number of rotatable bonds is 9. The Labute approximate surface area is 160 Å². The summed E-state index contributed by atoms with van der Waals surface area (Å²) in [6, 6.07) is 3.41. The van der Waals surface area contributed by atoms with Crippen LogP contribution in [0.3, 0.4) is 0 Å². The second-order valence-corrected chi connectivity index (χ2v) is 7.25. The van der Waals surface area contributed by atoms with Gasteiger partial charge in [0.25, 0.3) is 5.91 Å². The zero-order valence-corrected chi connectivity index (χ0v) is 17.1. The van der Waals surface area contributed by atoms with Gasteiger partial charge in [0.1, 0.15) is 0 Å². The Morgan fingerprint density at radius 1 is 1.04 bits per heavy atom. The van der Waals surface area contributed by atoms with E-state index in [0.717, 1.165) is 12.0 Å². The highest BCUT2D eigenvalue weighted by atomic mass is 35.5. The third-order valence-electron chi connectivity index (χ3n) is 4.05. The van der Waals surface area contributed by atoms with Crippen LogP contribution in [0.4, 0.5) is 0 Å². The first-order valence-corrected chi connectivity index (χ1v) is 9.02. The highest BCUT2D eigenvalue weighted by molar-refractivity contribution is 6.53. The molecule has 0 aromatic heterocycles. The third-order valence-corrected chi connectivity index (χ3v) is 4.43. The van der Waals surface area contributed by atoms with Crippen LogP contribution in [0.1, 0.15) is 38.8 Å². The minimum absolute atomic E-state index is 0.250. The van der Waals surface area contributed by atoms with Crippen LogP contribution in [0.2, 0.25) is 0 Å². The van der Waals surface area contributed by atoms with Crippen LogP contribution >= 0.6 is 23.2 Å². The van der Waals surface area contributed by atoms with Gasteiger partial charge in [0.2, 0.25) is 5.75 Å². The molecule has 0 aliphatic rings. The van der Waals surface area contributed by atoms with Crippen molar-refractivity contribution in [1.82, 2.24) is 4.90 Å². The van der Waals surface area contributed by atoms with Crippen LogP contribution in [0.5, 0.6) is 17.2 Å². The van der Waals surface area contributed by atoms with Gasteiger partial charge < -0.3 is 19.1 Å². The molecule has 1 atom stereocenters. The zero-order chi connectivity index (χ0) is 19.1. The van der Waals surface area contributed by atoms with Gasteiger partial charge in [0, 0.05) is 6.54 Å². The van der Waals surface area contributed by atoms with Crippen LogP contribution < -0.4 is 14.2 Å². The number of hydrogen-bond acceptors (Lipinski definition) is 4. The molecule has 0 fully saturated rings. The summed E-state index contributed by atoms with van der Waals surface area (Å²) in [6.45, 7) is 6.69. The maximum Gasteiger partial charge on any atom is 0.256 e. The van der Waals surface area contributed by atoms with Crippen LogP contribution in [0.25, 0.3) is 0 Å². The predicted octanol–water partition coefficient (Wildman–Crippen LogP) is 4.45. The largest absolute Gasteiger partial charge is 0.493 e. The normalized spacial score (nSPS) is 12.2. The fourth-order valence-electron chi connectivity index (χ4n) is 2.54. The van der Waals surface area contributed by atoms with E-state index in [1.54, 1.807) is 26.2 Å². The Hall–Kier alpha value is -1.33. The summed E-state index contributed by atoms with van der Waals surface area (Å²) in [4.78, 5) is 13.1. The molecule has 0 aliphatic carbocycles. The first-order valence-electron chi connectivity index (χ1n) is 8.15. The summed E-state index contributed by atoms with van der Waals surface area (Å²) in [7, 11) is 4.66. The molecule has 0 saturated heterocycles. The molecule has 1 unspecified atom stereocenters. The van der Waals surface area contributed by atoms with E-state index in [0.29, 0.717) is 29.7 Å². The molecule has 0 N–H and O–H groups in total. The number of alkyl halides is 2. The smallest absolute Gasteiger partial charge is 0.256 e. The minimum Gasteiger partial charge on any atom is -0.493 e. The van der Waals surface area contributed by atoms with Crippen LogP contribution in [0, 0.1) is 5.92 Å². The van der Waals surface area contributed by atoms with Gasteiger partial charge >= 0.3 is 0 Å². The number of ether oxygens (including phenoxy) is 3. The van der Waals surface area contributed by atoms with E-state index in [9.17, 15) is 4.79 Å². The lowest BCUT2D eigenvalue weighted by Gasteiger charge is -2.31. The van der Waals surface area contributed by atoms with Gasteiger partial charge in [0.05, 0.1) is 27.4 Å². The maximum absolute atomic E-state index is 12.5. The van der Waals surface area contributed by atoms with Crippen LogP contribution in [0.15, 0.2) is 12.1 Å². The zero-order valence-electron chi connectivity index (χ0n) is 15.6. The Kier molecular flexibility index (Phi) is 8.66. The summed E-state index contributed by atoms with van der Waals surface area (Å²) < 4.78 is 16.1. The topological polar surface area (TPSA) is 48.0 Å². The van der Waals surface area contributed by atoms with Crippen molar-refractivity contribution in [2.75, 3.05) is 27.9 Å². The van der Waals surface area contributed by atoms with E-state index < -0.39 is 4.84 Å². The molecule has 1 rings (SSSR count). The molecule has 142 valence electrons. The number of carbonyl (C=O) groups excluding carboxylic acids is 1. The van der Waals surface area contributed by atoms with E-state index in [2.05, 4.69) is 13.8 Å². The van der Waals surface area contributed by atoms with Gasteiger partial charge in [-0.15, -0.1) is 0 Å². The van der Waals surface area contributed by atoms with Gasteiger partial charge in [-0.1, -0.05) is 37.0 Å². The third kappa shape index (κ3) is 5.58. The molecule has 7 heteroatoms. The van der Waals surface area contributed by atoms with Crippen molar-refractivity contribution in [3.8, 4) is 17.2 Å². The van der Waals surface area contributed by atoms with E-state index in [1.165, 1.54) is 0 Å². The summed E-state index contributed by atoms with van der Waals surface area (Å²) in [5.41, 5.74) is 0.848. The summed E-state index contributed by atoms with van der Waals surface area (Å²) in [6.07, 6.45) is 0.848. The molecule has 1 aromatic rings. The summed E-state index contributed by atoms with van der Waals surface area (Å²) in [5, 5.41) is 0. The van der Waals surface area contributed by atoms with Crippen molar-refractivity contribution in [2.45, 2.75) is 38.1 Å². The minimum atomic E-state index is -1.10. The molecule has 1 aromatic carbocycles. The Morgan fingerprint density at radius 2 is 1.56 bits per heavy atom. The van der Waals surface area contributed by atoms with Crippen molar-refractivity contribution in [2.24, 2.45) is 5.92 Å². The van der Waals surface area contributed by atoms with Crippen molar-refractivity contribution in [3.63, 3.8) is 0 Å². The number of benzene rings is 1. The molecule has 0 spiro atoms. The second kappa shape index (κ2) is 9.97. The van der Waals surface area contributed by atoms with Gasteiger partial charge in [-0.25, -0.2) is 0 Å². The highest BCUT2D eigenvalue weighted by Gasteiger charge is 2.27. The van der Waals surface area contributed by atoms with Crippen molar-refractivity contribution < 1.29 is 19.0 Å².